The fourth-order valence-corrected chi connectivity index (χ4v) is 3.24. The Bertz CT molecular complexity index is 487. The van der Waals surface area contributed by atoms with Gasteiger partial charge in [0, 0.05) is 18.1 Å². The molecule has 0 unspecified atom stereocenters. The van der Waals surface area contributed by atoms with Crippen molar-refractivity contribution in [2.24, 2.45) is 5.92 Å². The Hall–Kier alpha value is -0.770. The monoisotopic (exact) mass is 328 g/mol. The second kappa shape index (κ2) is 8.02. The second-order valence-corrected chi connectivity index (χ2v) is 6.41. The molecule has 0 radical (unpaired) electrons. The number of carbonyl (C=O) groups is 1. The number of piperidine rings is 1. The van der Waals surface area contributed by atoms with Gasteiger partial charge in [-0.3, -0.25) is 4.79 Å². The average molecular weight is 329 g/mol. The fourth-order valence-electron chi connectivity index (χ4n) is 2.75. The van der Waals surface area contributed by atoms with Crippen LogP contribution in [0.2, 0.25) is 10.0 Å². The minimum atomic E-state index is 0.0112. The Kier molecular flexibility index (Phi) is 6.34. The lowest BCUT2D eigenvalue weighted by molar-refractivity contribution is 0.0716. The molecule has 2 rings (SSSR count). The summed E-state index contributed by atoms with van der Waals surface area (Å²) in [6, 6.07) is 5.07. The van der Waals surface area contributed by atoms with Crippen molar-refractivity contribution in [1.82, 2.24) is 10.2 Å². The summed E-state index contributed by atoms with van der Waals surface area (Å²) in [4.78, 5) is 14.7. The fraction of sp³-hybridized carbons (Fsp3) is 0.562. The summed E-state index contributed by atoms with van der Waals surface area (Å²) in [6.45, 7) is 5.75. The van der Waals surface area contributed by atoms with E-state index in [4.69, 9.17) is 23.2 Å². The van der Waals surface area contributed by atoms with Crippen LogP contribution < -0.4 is 5.32 Å². The topological polar surface area (TPSA) is 32.3 Å². The van der Waals surface area contributed by atoms with E-state index >= 15 is 0 Å². The van der Waals surface area contributed by atoms with E-state index in [0.29, 0.717) is 21.5 Å². The van der Waals surface area contributed by atoms with Crippen molar-refractivity contribution in [2.45, 2.75) is 26.2 Å². The van der Waals surface area contributed by atoms with Crippen molar-refractivity contribution in [3.05, 3.63) is 33.8 Å². The molecule has 1 fully saturated rings. The van der Waals surface area contributed by atoms with Gasteiger partial charge in [0.1, 0.15) is 0 Å². The summed E-state index contributed by atoms with van der Waals surface area (Å²) in [5, 5.41) is 4.34. The van der Waals surface area contributed by atoms with E-state index in [1.165, 1.54) is 0 Å². The molecule has 1 aromatic rings. The minimum absolute atomic E-state index is 0.0112. The van der Waals surface area contributed by atoms with E-state index in [1.54, 1.807) is 18.2 Å². The van der Waals surface area contributed by atoms with Crippen molar-refractivity contribution >= 4 is 29.1 Å². The first-order valence-electron chi connectivity index (χ1n) is 7.57. The van der Waals surface area contributed by atoms with Crippen LogP contribution in [0.3, 0.4) is 0 Å². The number of halogens is 2. The van der Waals surface area contributed by atoms with Gasteiger partial charge in [0.25, 0.3) is 5.91 Å². The standard InChI is InChI=1S/C16H22Cl2N2O/c1-2-9-20(11-12-5-7-19-8-6-12)16(21)14-4-3-13(17)10-15(14)18/h3-4,10,12,19H,2,5-9,11H2,1H3. The highest BCUT2D eigenvalue weighted by Crippen LogP contribution is 2.23. The maximum Gasteiger partial charge on any atom is 0.255 e. The van der Waals surface area contributed by atoms with Gasteiger partial charge in [-0.25, -0.2) is 0 Å². The molecule has 0 spiro atoms. The van der Waals surface area contributed by atoms with Gasteiger partial charge >= 0.3 is 0 Å². The van der Waals surface area contributed by atoms with Crippen molar-refractivity contribution in [3.8, 4) is 0 Å². The lowest BCUT2D eigenvalue weighted by Gasteiger charge is -2.30. The van der Waals surface area contributed by atoms with Gasteiger partial charge in [0.05, 0.1) is 10.6 Å². The average Bonchev–Trinajstić information content (AvgIpc) is 2.47. The number of amides is 1. The third-order valence-electron chi connectivity index (χ3n) is 3.88. The molecule has 0 atom stereocenters. The van der Waals surface area contributed by atoms with Crippen LogP contribution in [0.25, 0.3) is 0 Å². The highest BCUT2D eigenvalue weighted by atomic mass is 35.5. The van der Waals surface area contributed by atoms with E-state index in [-0.39, 0.29) is 5.91 Å². The molecule has 0 aromatic heterocycles. The van der Waals surface area contributed by atoms with E-state index < -0.39 is 0 Å². The molecule has 5 heteroatoms. The van der Waals surface area contributed by atoms with Gasteiger partial charge in [-0.15, -0.1) is 0 Å². The SMILES string of the molecule is CCCN(CC1CCNCC1)C(=O)c1ccc(Cl)cc1Cl. The molecular weight excluding hydrogens is 307 g/mol. The molecule has 1 aliphatic rings. The van der Waals surface area contributed by atoms with Crippen LogP contribution in [0.1, 0.15) is 36.5 Å². The smallest absolute Gasteiger partial charge is 0.255 e. The van der Waals surface area contributed by atoms with Crippen molar-refractivity contribution < 1.29 is 4.79 Å². The first kappa shape index (κ1) is 16.6. The number of nitrogens with zero attached hydrogens (tertiary/aromatic N) is 1. The molecule has 1 N–H and O–H groups in total. The second-order valence-electron chi connectivity index (χ2n) is 5.57. The highest BCUT2D eigenvalue weighted by Gasteiger charge is 2.22. The molecule has 1 aromatic carbocycles. The number of hydrogen-bond acceptors (Lipinski definition) is 2. The van der Waals surface area contributed by atoms with Crippen LogP contribution >= 0.6 is 23.2 Å². The quantitative estimate of drug-likeness (QED) is 0.890. The Morgan fingerprint density at radius 2 is 2.05 bits per heavy atom. The zero-order valence-corrected chi connectivity index (χ0v) is 13.9. The molecule has 1 heterocycles. The van der Waals surface area contributed by atoms with Crippen LogP contribution in [0.5, 0.6) is 0 Å². The summed E-state index contributed by atoms with van der Waals surface area (Å²) in [5.74, 6) is 0.588. The Labute approximate surface area is 136 Å². The summed E-state index contributed by atoms with van der Waals surface area (Å²) >= 11 is 12.1. The number of rotatable bonds is 5. The van der Waals surface area contributed by atoms with Crippen LogP contribution in [0, 0.1) is 5.92 Å². The molecular formula is C16H22Cl2N2O. The van der Waals surface area contributed by atoms with Gasteiger partial charge in [-0.1, -0.05) is 30.1 Å². The first-order chi connectivity index (χ1) is 10.1. The molecule has 0 aliphatic carbocycles. The number of nitrogens with one attached hydrogen (secondary N) is 1. The largest absolute Gasteiger partial charge is 0.338 e. The maximum absolute atomic E-state index is 12.7. The Morgan fingerprint density at radius 1 is 1.33 bits per heavy atom. The number of hydrogen-bond donors (Lipinski definition) is 1. The molecule has 3 nitrogen and oxygen atoms in total. The van der Waals surface area contributed by atoms with Crippen molar-refractivity contribution in [3.63, 3.8) is 0 Å². The van der Waals surface area contributed by atoms with Crippen molar-refractivity contribution in [1.29, 1.82) is 0 Å². The zero-order chi connectivity index (χ0) is 15.2. The van der Waals surface area contributed by atoms with Crippen molar-refractivity contribution in [2.75, 3.05) is 26.2 Å². The van der Waals surface area contributed by atoms with Crippen LogP contribution in [0.15, 0.2) is 18.2 Å². The summed E-state index contributed by atoms with van der Waals surface area (Å²) in [7, 11) is 0. The minimum Gasteiger partial charge on any atom is -0.338 e. The molecule has 1 saturated heterocycles. The van der Waals surface area contributed by atoms with E-state index in [0.717, 1.165) is 45.4 Å². The highest BCUT2D eigenvalue weighted by molar-refractivity contribution is 6.36. The molecule has 21 heavy (non-hydrogen) atoms. The lowest BCUT2D eigenvalue weighted by Crippen LogP contribution is -2.39. The van der Waals surface area contributed by atoms with Crippen LogP contribution in [0.4, 0.5) is 0 Å². The van der Waals surface area contributed by atoms with E-state index in [1.807, 2.05) is 4.90 Å². The van der Waals surface area contributed by atoms with Gasteiger partial charge in [0.2, 0.25) is 0 Å². The zero-order valence-electron chi connectivity index (χ0n) is 12.4. The third-order valence-corrected chi connectivity index (χ3v) is 4.43. The predicted molar refractivity (Wildman–Crippen MR) is 88.3 cm³/mol. The first-order valence-corrected chi connectivity index (χ1v) is 8.32. The Morgan fingerprint density at radius 3 is 2.67 bits per heavy atom. The Balaban J connectivity index is 2.10. The van der Waals surface area contributed by atoms with Gasteiger partial charge in [-0.05, 0) is 56.5 Å². The van der Waals surface area contributed by atoms with Gasteiger partial charge < -0.3 is 10.2 Å². The van der Waals surface area contributed by atoms with Gasteiger partial charge in [-0.2, -0.15) is 0 Å². The summed E-state index contributed by atoms with van der Waals surface area (Å²) in [6.07, 6.45) is 3.20. The molecule has 1 amide bonds. The summed E-state index contributed by atoms with van der Waals surface area (Å²) < 4.78 is 0. The number of benzene rings is 1. The van der Waals surface area contributed by atoms with Gasteiger partial charge in [0.15, 0.2) is 0 Å². The molecule has 0 saturated carbocycles. The molecule has 116 valence electrons. The predicted octanol–water partition coefficient (Wildman–Crippen LogP) is 3.85. The maximum atomic E-state index is 12.7. The van der Waals surface area contributed by atoms with Crippen LogP contribution in [-0.4, -0.2) is 37.0 Å². The normalized spacial score (nSPS) is 16.0. The third kappa shape index (κ3) is 4.60. The molecule has 1 aliphatic heterocycles. The summed E-state index contributed by atoms with van der Waals surface area (Å²) in [5.41, 5.74) is 0.545. The number of carbonyl (C=O) groups excluding carboxylic acids is 1. The van der Waals surface area contributed by atoms with Crippen LogP contribution in [-0.2, 0) is 0 Å². The van der Waals surface area contributed by atoms with E-state index in [9.17, 15) is 4.79 Å². The molecule has 0 bridgehead atoms. The lowest BCUT2D eigenvalue weighted by atomic mass is 9.97. The van der Waals surface area contributed by atoms with E-state index in [2.05, 4.69) is 12.2 Å².